The van der Waals surface area contributed by atoms with Gasteiger partial charge in [-0.25, -0.2) is 9.97 Å². The molecular formula is C11H16ClN3. The summed E-state index contributed by atoms with van der Waals surface area (Å²) in [5.74, 6) is 2.40. The minimum Gasteiger partial charge on any atom is -0.367 e. The molecule has 1 heterocycles. The van der Waals surface area contributed by atoms with Crippen LogP contribution in [-0.4, -0.2) is 16.0 Å². The molecule has 1 atom stereocenters. The van der Waals surface area contributed by atoms with E-state index in [1.54, 1.807) is 0 Å². The summed E-state index contributed by atoms with van der Waals surface area (Å²) < 4.78 is 0. The van der Waals surface area contributed by atoms with Crippen LogP contribution in [0.3, 0.4) is 0 Å². The van der Waals surface area contributed by atoms with Gasteiger partial charge < -0.3 is 5.32 Å². The van der Waals surface area contributed by atoms with E-state index in [9.17, 15) is 0 Å². The monoisotopic (exact) mass is 225 g/mol. The molecule has 1 saturated carbocycles. The van der Waals surface area contributed by atoms with Crippen molar-refractivity contribution >= 4 is 17.4 Å². The number of nitrogens with zero attached hydrogens (tertiary/aromatic N) is 2. The van der Waals surface area contributed by atoms with Crippen LogP contribution in [0.25, 0.3) is 0 Å². The molecule has 0 aromatic carbocycles. The van der Waals surface area contributed by atoms with E-state index in [2.05, 4.69) is 22.2 Å². The van der Waals surface area contributed by atoms with E-state index >= 15 is 0 Å². The molecule has 0 saturated heterocycles. The van der Waals surface area contributed by atoms with Gasteiger partial charge in [-0.3, -0.25) is 0 Å². The fourth-order valence-electron chi connectivity index (χ4n) is 1.66. The molecule has 0 aliphatic heterocycles. The topological polar surface area (TPSA) is 37.8 Å². The summed E-state index contributed by atoms with van der Waals surface area (Å²) in [5.41, 5.74) is 0.940. The molecule has 4 heteroatoms. The largest absolute Gasteiger partial charge is 0.367 e. The van der Waals surface area contributed by atoms with Crippen LogP contribution in [0.15, 0.2) is 0 Å². The van der Waals surface area contributed by atoms with Gasteiger partial charge in [0.1, 0.15) is 16.8 Å². The third-order valence-electron chi connectivity index (χ3n) is 2.89. The summed E-state index contributed by atoms with van der Waals surface area (Å²) in [4.78, 5) is 8.49. The zero-order chi connectivity index (χ0) is 11.0. The van der Waals surface area contributed by atoms with Gasteiger partial charge in [0.15, 0.2) is 0 Å². The van der Waals surface area contributed by atoms with Crippen LogP contribution < -0.4 is 5.32 Å². The maximum atomic E-state index is 6.01. The highest BCUT2D eigenvalue weighted by Gasteiger charge is 2.28. The fourth-order valence-corrected chi connectivity index (χ4v) is 1.88. The van der Waals surface area contributed by atoms with Gasteiger partial charge in [0, 0.05) is 11.6 Å². The van der Waals surface area contributed by atoms with E-state index in [1.165, 1.54) is 12.8 Å². The standard InChI is InChI=1S/C11H16ClN3/c1-6-10(12)14-8(3)15-11(6)13-7(2)9-4-5-9/h7,9H,4-5H2,1-3H3,(H,13,14,15). The van der Waals surface area contributed by atoms with Crippen molar-refractivity contribution in [3.05, 3.63) is 16.5 Å². The predicted molar refractivity (Wildman–Crippen MR) is 62.3 cm³/mol. The molecule has 0 bridgehead atoms. The Morgan fingerprint density at radius 1 is 1.33 bits per heavy atom. The first-order valence-electron chi connectivity index (χ1n) is 5.35. The van der Waals surface area contributed by atoms with Crippen molar-refractivity contribution in [3.63, 3.8) is 0 Å². The van der Waals surface area contributed by atoms with Crippen molar-refractivity contribution < 1.29 is 0 Å². The average molecular weight is 226 g/mol. The smallest absolute Gasteiger partial charge is 0.137 e. The number of rotatable bonds is 3. The Hall–Kier alpha value is -0.830. The molecule has 1 aliphatic rings. The predicted octanol–water partition coefficient (Wildman–Crippen LogP) is 2.96. The van der Waals surface area contributed by atoms with Gasteiger partial charge in [-0.05, 0) is 39.5 Å². The molecule has 3 nitrogen and oxygen atoms in total. The molecule has 1 unspecified atom stereocenters. The summed E-state index contributed by atoms with van der Waals surface area (Å²) in [6.07, 6.45) is 2.65. The highest BCUT2D eigenvalue weighted by molar-refractivity contribution is 6.30. The second-order valence-corrected chi connectivity index (χ2v) is 4.66. The Morgan fingerprint density at radius 3 is 2.60 bits per heavy atom. The molecule has 2 rings (SSSR count). The minimum absolute atomic E-state index is 0.481. The summed E-state index contributed by atoms with van der Waals surface area (Å²) in [5, 5.41) is 3.97. The Balaban J connectivity index is 2.19. The van der Waals surface area contributed by atoms with Crippen molar-refractivity contribution in [3.8, 4) is 0 Å². The Morgan fingerprint density at radius 2 is 2.00 bits per heavy atom. The second-order valence-electron chi connectivity index (χ2n) is 4.31. The van der Waals surface area contributed by atoms with Crippen LogP contribution in [0.2, 0.25) is 5.15 Å². The fraction of sp³-hybridized carbons (Fsp3) is 0.636. The first-order valence-corrected chi connectivity index (χ1v) is 5.73. The van der Waals surface area contributed by atoms with Gasteiger partial charge in [0.2, 0.25) is 0 Å². The quantitative estimate of drug-likeness (QED) is 0.804. The van der Waals surface area contributed by atoms with E-state index in [0.717, 1.165) is 23.1 Å². The number of nitrogens with one attached hydrogen (secondary N) is 1. The maximum Gasteiger partial charge on any atom is 0.137 e. The minimum atomic E-state index is 0.481. The summed E-state index contributed by atoms with van der Waals surface area (Å²) in [6, 6.07) is 0.481. The Labute approximate surface area is 95.3 Å². The van der Waals surface area contributed by atoms with Crippen molar-refractivity contribution in [2.24, 2.45) is 5.92 Å². The van der Waals surface area contributed by atoms with Gasteiger partial charge >= 0.3 is 0 Å². The number of aryl methyl sites for hydroxylation is 1. The molecule has 1 aromatic rings. The lowest BCUT2D eigenvalue weighted by atomic mass is 10.2. The van der Waals surface area contributed by atoms with Gasteiger partial charge in [0.05, 0.1) is 0 Å². The summed E-state index contributed by atoms with van der Waals surface area (Å²) in [6.45, 7) is 6.00. The van der Waals surface area contributed by atoms with Crippen molar-refractivity contribution in [1.82, 2.24) is 9.97 Å². The number of anilines is 1. The molecule has 82 valence electrons. The van der Waals surface area contributed by atoms with Gasteiger partial charge in [-0.2, -0.15) is 0 Å². The number of halogens is 1. The van der Waals surface area contributed by atoms with Gasteiger partial charge in [-0.15, -0.1) is 0 Å². The SMILES string of the molecule is Cc1nc(Cl)c(C)c(NC(C)C2CC2)n1. The maximum absolute atomic E-state index is 6.01. The molecule has 1 N–H and O–H groups in total. The van der Waals surface area contributed by atoms with Crippen molar-refractivity contribution in [1.29, 1.82) is 0 Å². The van der Waals surface area contributed by atoms with Crippen molar-refractivity contribution in [2.75, 3.05) is 5.32 Å². The first kappa shape index (κ1) is 10.7. The third-order valence-corrected chi connectivity index (χ3v) is 3.26. The zero-order valence-corrected chi connectivity index (χ0v) is 10.1. The Bertz CT molecular complexity index is 374. The normalized spacial score (nSPS) is 17.6. The highest BCUT2D eigenvalue weighted by atomic mass is 35.5. The zero-order valence-electron chi connectivity index (χ0n) is 9.34. The average Bonchev–Trinajstić information content (AvgIpc) is 2.96. The van der Waals surface area contributed by atoms with Crippen LogP contribution >= 0.6 is 11.6 Å². The van der Waals surface area contributed by atoms with Crippen molar-refractivity contribution in [2.45, 2.75) is 39.7 Å². The van der Waals surface area contributed by atoms with E-state index in [-0.39, 0.29) is 0 Å². The molecule has 0 spiro atoms. The molecule has 1 fully saturated rings. The van der Waals surface area contributed by atoms with Crippen LogP contribution in [0.5, 0.6) is 0 Å². The third kappa shape index (κ3) is 2.40. The number of hydrogen-bond acceptors (Lipinski definition) is 3. The molecular weight excluding hydrogens is 210 g/mol. The van der Waals surface area contributed by atoms with E-state index in [1.807, 2.05) is 13.8 Å². The highest BCUT2D eigenvalue weighted by Crippen LogP contribution is 2.34. The van der Waals surface area contributed by atoms with Crippen LogP contribution in [0, 0.1) is 19.8 Å². The van der Waals surface area contributed by atoms with Crippen LogP contribution in [0.4, 0.5) is 5.82 Å². The van der Waals surface area contributed by atoms with E-state index in [0.29, 0.717) is 11.2 Å². The molecule has 1 aromatic heterocycles. The summed E-state index contributed by atoms with van der Waals surface area (Å²) >= 11 is 6.01. The molecule has 1 aliphatic carbocycles. The number of hydrogen-bond donors (Lipinski definition) is 1. The summed E-state index contributed by atoms with van der Waals surface area (Å²) in [7, 11) is 0. The lowest BCUT2D eigenvalue weighted by Gasteiger charge is -2.16. The molecule has 0 amide bonds. The van der Waals surface area contributed by atoms with Gasteiger partial charge in [-0.1, -0.05) is 11.6 Å². The van der Waals surface area contributed by atoms with E-state index in [4.69, 9.17) is 11.6 Å². The van der Waals surface area contributed by atoms with Crippen LogP contribution in [0.1, 0.15) is 31.2 Å². The number of aromatic nitrogens is 2. The lowest BCUT2D eigenvalue weighted by molar-refractivity contribution is 0.688. The van der Waals surface area contributed by atoms with Gasteiger partial charge in [0.25, 0.3) is 0 Å². The molecule has 0 radical (unpaired) electrons. The second kappa shape index (κ2) is 3.97. The molecule has 15 heavy (non-hydrogen) atoms. The van der Waals surface area contributed by atoms with Crippen LogP contribution in [-0.2, 0) is 0 Å². The Kier molecular flexibility index (Phi) is 2.83. The van der Waals surface area contributed by atoms with E-state index < -0.39 is 0 Å². The first-order chi connectivity index (χ1) is 7.08. The lowest BCUT2D eigenvalue weighted by Crippen LogP contribution is -2.19.